The van der Waals surface area contributed by atoms with Crippen LogP contribution in [0.5, 0.6) is 0 Å². The molecule has 1 fully saturated rings. The Morgan fingerprint density at radius 1 is 1.35 bits per heavy atom. The quantitative estimate of drug-likeness (QED) is 0.423. The van der Waals surface area contributed by atoms with Gasteiger partial charge in [0.15, 0.2) is 11.8 Å². The highest BCUT2D eigenvalue weighted by atomic mass is 127. The summed E-state index contributed by atoms with van der Waals surface area (Å²) < 4.78 is 5.15. The minimum atomic E-state index is 0. The molecule has 1 aromatic carbocycles. The first-order valence-corrected chi connectivity index (χ1v) is 8.97. The van der Waals surface area contributed by atoms with Crippen molar-refractivity contribution in [3.05, 3.63) is 47.6 Å². The molecule has 26 heavy (non-hydrogen) atoms. The zero-order valence-corrected chi connectivity index (χ0v) is 18.0. The van der Waals surface area contributed by atoms with Gasteiger partial charge in [0.1, 0.15) is 0 Å². The maximum Gasteiger partial charge on any atom is 0.228 e. The summed E-state index contributed by atoms with van der Waals surface area (Å²) in [7, 11) is 1.84. The van der Waals surface area contributed by atoms with Gasteiger partial charge in [-0.1, -0.05) is 42.4 Å². The second-order valence-electron chi connectivity index (χ2n) is 6.69. The fraction of sp³-hybridized carbons (Fsp3) is 0.526. The summed E-state index contributed by atoms with van der Waals surface area (Å²) in [5.41, 5.74) is 1.45. The van der Waals surface area contributed by atoms with Gasteiger partial charge in [0.05, 0.1) is 0 Å². The maximum absolute atomic E-state index is 5.15. The fourth-order valence-corrected chi connectivity index (χ4v) is 3.59. The molecule has 2 unspecified atom stereocenters. The number of nitrogens with zero attached hydrogens (tertiary/aromatic N) is 4. The Kier molecular flexibility index (Phi) is 7.86. The molecule has 1 saturated heterocycles. The second kappa shape index (κ2) is 9.89. The summed E-state index contributed by atoms with van der Waals surface area (Å²) >= 11 is 0. The van der Waals surface area contributed by atoms with Gasteiger partial charge in [-0.2, -0.15) is 4.98 Å². The molecule has 7 heteroatoms. The summed E-state index contributed by atoms with van der Waals surface area (Å²) in [5, 5.41) is 7.24. The lowest BCUT2D eigenvalue weighted by Gasteiger charge is -2.38. The lowest BCUT2D eigenvalue weighted by atomic mass is 9.82. The zero-order valence-electron chi connectivity index (χ0n) is 15.7. The van der Waals surface area contributed by atoms with Crippen LogP contribution in [0.1, 0.15) is 36.5 Å². The molecule has 1 aliphatic heterocycles. The molecule has 2 atom stereocenters. The molecule has 6 nitrogen and oxygen atoms in total. The monoisotopic (exact) mass is 469 g/mol. The van der Waals surface area contributed by atoms with Crippen LogP contribution < -0.4 is 5.32 Å². The van der Waals surface area contributed by atoms with Crippen molar-refractivity contribution in [3.63, 3.8) is 0 Å². The third kappa shape index (κ3) is 5.18. The van der Waals surface area contributed by atoms with Gasteiger partial charge >= 0.3 is 0 Å². The number of aryl methyl sites for hydroxylation is 1. The third-order valence-corrected chi connectivity index (χ3v) is 4.84. The van der Waals surface area contributed by atoms with Crippen molar-refractivity contribution in [2.24, 2.45) is 10.9 Å². The van der Waals surface area contributed by atoms with Crippen molar-refractivity contribution >= 4 is 29.9 Å². The van der Waals surface area contributed by atoms with E-state index >= 15 is 0 Å². The zero-order chi connectivity index (χ0) is 17.6. The van der Waals surface area contributed by atoms with Crippen molar-refractivity contribution in [2.45, 2.75) is 32.6 Å². The highest BCUT2D eigenvalue weighted by Crippen LogP contribution is 2.32. The number of benzene rings is 1. The highest BCUT2D eigenvalue weighted by Gasteiger charge is 2.28. The van der Waals surface area contributed by atoms with E-state index in [1.54, 1.807) is 0 Å². The third-order valence-electron chi connectivity index (χ3n) is 4.84. The van der Waals surface area contributed by atoms with Crippen LogP contribution >= 0.6 is 24.0 Å². The molecule has 2 aromatic rings. The van der Waals surface area contributed by atoms with E-state index < -0.39 is 0 Å². The maximum atomic E-state index is 5.15. The lowest BCUT2D eigenvalue weighted by molar-refractivity contribution is 0.234. The van der Waals surface area contributed by atoms with Gasteiger partial charge in [-0.25, -0.2) is 0 Å². The lowest BCUT2D eigenvalue weighted by Crippen LogP contribution is -2.48. The van der Waals surface area contributed by atoms with E-state index in [4.69, 9.17) is 4.52 Å². The molecular formula is C19H28IN5O. The standard InChI is InChI=1S/C19H27N5O.HI/c1-14-13-24(12-10-17(14)16-7-5-4-6-8-16)19(20-3)21-11-9-18-22-15(2)23-25-18;/h4-8,14,17H,9-13H2,1-3H3,(H,20,21);1H. The van der Waals surface area contributed by atoms with Crippen LogP contribution in [-0.4, -0.2) is 47.7 Å². The Bertz CT molecular complexity index is 703. The average molecular weight is 469 g/mol. The molecule has 142 valence electrons. The molecule has 0 spiro atoms. The van der Waals surface area contributed by atoms with Crippen molar-refractivity contribution in [2.75, 3.05) is 26.7 Å². The van der Waals surface area contributed by atoms with Crippen LogP contribution in [0.4, 0.5) is 0 Å². The normalized spacial score (nSPS) is 20.6. The number of guanidine groups is 1. The van der Waals surface area contributed by atoms with Gasteiger partial charge in [0.2, 0.25) is 5.89 Å². The summed E-state index contributed by atoms with van der Waals surface area (Å²) in [6, 6.07) is 10.8. The number of piperidine rings is 1. The number of hydrogen-bond donors (Lipinski definition) is 1. The molecule has 0 radical (unpaired) electrons. The number of hydrogen-bond acceptors (Lipinski definition) is 4. The van der Waals surface area contributed by atoms with Crippen LogP contribution in [0.2, 0.25) is 0 Å². The second-order valence-corrected chi connectivity index (χ2v) is 6.69. The highest BCUT2D eigenvalue weighted by molar-refractivity contribution is 14.0. The Morgan fingerprint density at radius 3 is 2.73 bits per heavy atom. The molecule has 0 bridgehead atoms. The van der Waals surface area contributed by atoms with Gasteiger partial charge in [0, 0.05) is 33.1 Å². The van der Waals surface area contributed by atoms with E-state index in [1.165, 1.54) is 5.56 Å². The van der Waals surface area contributed by atoms with Crippen LogP contribution in [0, 0.1) is 12.8 Å². The summed E-state index contributed by atoms with van der Waals surface area (Å²) in [5.74, 6) is 3.51. The molecule has 3 rings (SSSR count). The van der Waals surface area contributed by atoms with E-state index in [-0.39, 0.29) is 24.0 Å². The van der Waals surface area contributed by atoms with E-state index in [0.29, 0.717) is 30.0 Å². The average Bonchev–Trinajstić information content (AvgIpc) is 3.04. The van der Waals surface area contributed by atoms with Gasteiger partial charge in [-0.15, -0.1) is 24.0 Å². The van der Waals surface area contributed by atoms with Gasteiger partial charge in [-0.05, 0) is 30.7 Å². The van der Waals surface area contributed by atoms with Crippen molar-refractivity contribution in [1.82, 2.24) is 20.4 Å². The fourth-order valence-electron chi connectivity index (χ4n) is 3.59. The minimum Gasteiger partial charge on any atom is -0.356 e. The van der Waals surface area contributed by atoms with Crippen molar-refractivity contribution < 1.29 is 4.52 Å². The summed E-state index contributed by atoms with van der Waals surface area (Å²) in [6.45, 7) is 6.93. The largest absolute Gasteiger partial charge is 0.356 e. The minimum absolute atomic E-state index is 0. The number of halogens is 1. The van der Waals surface area contributed by atoms with Gasteiger partial charge in [-0.3, -0.25) is 4.99 Å². The first-order valence-electron chi connectivity index (χ1n) is 8.97. The number of nitrogens with one attached hydrogen (secondary N) is 1. The van der Waals surface area contributed by atoms with Crippen molar-refractivity contribution in [1.29, 1.82) is 0 Å². The molecule has 2 heterocycles. The Hall–Kier alpha value is -1.64. The predicted molar refractivity (Wildman–Crippen MR) is 114 cm³/mol. The van der Waals surface area contributed by atoms with E-state index in [9.17, 15) is 0 Å². The summed E-state index contributed by atoms with van der Waals surface area (Å²) in [6.07, 6.45) is 1.85. The smallest absolute Gasteiger partial charge is 0.228 e. The van der Waals surface area contributed by atoms with Gasteiger partial charge in [0.25, 0.3) is 0 Å². The molecule has 0 saturated carbocycles. The van der Waals surface area contributed by atoms with Crippen LogP contribution in [-0.2, 0) is 6.42 Å². The van der Waals surface area contributed by atoms with Crippen LogP contribution in [0.3, 0.4) is 0 Å². The Morgan fingerprint density at radius 2 is 2.12 bits per heavy atom. The summed E-state index contributed by atoms with van der Waals surface area (Å²) in [4.78, 5) is 11.0. The van der Waals surface area contributed by atoms with Gasteiger partial charge < -0.3 is 14.7 Å². The molecule has 1 N–H and O–H groups in total. The van der Waals surface area contributed by atoms with E-state index in [1.807, 2.05) is 14.0 Å². The van der Waals surface area contributed by atoms with Crippen LogP contribution in [0.15, 0.2) is 39.8 Å². The number of rotatable bonds is 4. The topological polar surface area (TPSA) is 66.5 Å². The first kappa shape index (κ1) is 20.7. The molecule has 0 amide bonds. The van der Waals surface area contributed by atoms with E-state index in [0.717, 1.165) is 32.0 Å². The number of aromatic nitrogens is 2. The molecular weight excluding hydrogens is 441 g/mol. The number of likely N-dealkylation sites (tertiary alicyclic amines) is 1. The SMILES string of the molecule is CN=C(NCCc1nc(C)no1)N1CCC(c2ccccc2)C(C)C1.I. The Balaban J connectivity index is 0.00000243. The molecule has 1 aliphatic rings. The first-order chi connectivity index (χ1) is 12.2. The predicted octanol–water partition coefficient (Wildman–Crippen LogP) is 3.24. The Labute approximate surface area is 172 Å². The molecule has 0 aliphatic carbocycles. The van der Waals surface area contributed by atoms with E-state index in [2.05, 4.69) is 62.6 Å². The number of aliphatic imine (C=N–C) groups is 1. The van der Waals surface area contributed by atoms with Crippen molar-refractivity contribution in [3.8, 4) is 0 Å². The molecule has 1 aromatic heterocycles. The van der Waals surface area contributed by atoms with Crippen LogP contribution in [0.25, 0.3) is 0 Å².